The Balaban J connectivity index is 1.77. The van der Waals surface area contributed by atoms with Gasteiger partial charge in [0.15, 0.2) is 11.0 Å². The summed E-state index contributed by atoms with van der Waals surface area (Å²) in [5, 5.41) is 12.4. The van der Waals surface area contributed by atoms with Crippen molar-refractivity contribution in [1.82, 2.24) is 19.7 Å². The summed E-state index contributed by atoms with van der Waals surface area (Å²) in [7, 11) is 4.05. The minimum Gasteiger partial charge on any atom is -0.462 e. The highest BCUT2D eigenvalue weighted by Crippen LogP contribution is 2.26. The first-order valence-electron chi connectivity index (χ1n) is 11.3. The molecule has 180 valence electrons. The number of hydrogen-bond donors (Lipinski definition) is 1. The van der Waals surface area contributed by atoms with E-state index in [0.717, 1.165) is 17.8 Å². The third kappa shape index (κ3) is 6.45. The number of carbonyl (C=O) groups excluding carboxylic acids is 2. The van der Waals surface area contributed by atoms with E-state index in [2.05, 4.69) is 44.0 Å². The van der Waals surface area contributed by atoms with Crippen LogP contribution in [0.5, 0.6) is 0 Å². The maximum Gasteiger partial charge on any atom is 0.340 e. The zero-order chi connectivity index (χ0) is 24.5. The molecule has 0 spiro atoms. The van der Waals surface area contributed by atoms with Crippen LogP contribution in [0.3, 0.4) is 0 Å². The quantitative estimate of drug-likeness (QED) is 0.323. The Labute approximate surface area is 204 Å². The fourth-order valence-corrected chi connectivity index (χ4v) is 4.39. The Morgan fingerprint density at radius 3 is 2.44 bits per heavy atom. The normalized spacial score (nSPS) is 11.9. The van der Waals surface area contributed by atoms with Crippen LogP contribution in [0.1, 0.15) is 48.1 Å². The van der Waals surface area contributed by atoms with Gasteiger partial charge in [0.2, 0.25) is 5.91 Å². The maximum atomic E-state index is 12.7. The number of benzene rings is 2. The third-order valence-corrected chi connectivity index (χ3v) is 6.23. The molecule has 1 aromatic heterocycles. The van der Waals surface area contributed by atoms with Crippen LogP contribution in [-0.2, 0) is 16.1 Å². The summed E-state index contributed by atoms with van der Waals surface area (Å²) in [6, 6.07) is 17.0. The number of rotatable bonds is 11. The van der Waals surface area contributed by atoms with Crippen molar-refractivity contribution in [2.45, 2.75) is 38.0 Å². The number of hydrogen-bond acceptors (Lipinski definition) is 7. The van der Waals surface area contributed by atoms with Gasteiger partial charge >= 0.3 is 5.97 Å². The predicted octanol–water partition coefficient (Wildman–Crippen LogP) is 4.25. The highest BCUT2D eigenvalue weighted by atomic mass is 32.2. The van der Waals surface area contributed by atoms with Crippen molar-refractivity contribution in [3.05, 3.63) is 71.5 Å². The van der Waals surface area contributed by atoms with Gasteiger partial charge in [-0.15, -0.1) is 10.2 Å². The van der Waals surface area contributed by atoms with E-state index in [1.54, 1.807) is 31.2 Å². The lowest BCUT2D eigenvalue weighted by Gasteiger charge is -2.23. The molecule has 3 aromatic rings. The molecule has 3 rings (SSSR count). The number of anilines is 1. The first kappa shape index (κ1) is 25.5. The molecule has 1 heterocycles. The van der Waals surface area contributed by atoms with E-state index in [1.165, 1.54) is 11.8 Å². The smallest absolute Gasteiger partial charge is 0.340 e. The largest absolute Gasteiger partial charge is 0.462 e. The minimum atomic E-state index is -0.465. The van der Waals surface area contributed by atoms with Gasteiger partial charge in [-0.05, 0) is 45.1 Å². The Bertz CT molecular complexity index is 1100. The molecule has 1 amide bonds. The van der Waals surface area contributed by atoms with E-state index in [9.17, 15) is 9.59 Å². The summed E-state index contributed by atoms with van der Waals surface area (Å²) in [5.74, 6) is 0.291. The molecule has 0 aliphatic rings. The number of amides is 1. The van der Waals surface area contributed by atoms with Gasteiger partial charge in [0.05, 0.1) is 36.2 Å². The lowest BCUT2D eigenvalue weighted by Crippen LogP contribution is -2.23. The topological polar surface area (TPSA) is 89.3 Å². The van der Waals surface area contributed by atoms with Gasteiger partial charge in [0, 0.05) is 0 Å². The second-order valence-electron chi connectivity index (χ2n) is 7.90. The Morgan fingerprint density at radius 2 is 1.76 bits per heavy atom. The minimum absolute atomic E-state index is 0.107. The number of aromatic nitrogens is 3. The number of nitrogens with zero attached hydrogens (tertiary/aromatic N) is 4. The zero-order valence-corrected chi connectivity index (χ0v) is 20.8. The average Bonchev–Trinajstić information content (AvgIpc) is 3.21. The maximum absolute atomic E-state index is 12.7. The van der Waals surface area contributed by atoms with Crippen molar-refractivity contribution in [3.8, 4) is 0 Å². The average molecular weight is 482 g/mol. The van der Waals surface area contributed by atoms with E-state index in [1.807, 2.05) is 32.3 Å². The molecule has 0 bridgehead atoms. The molecule has 0 radical (unpaired) electrons. The molecule has 8 nitrogen and oxygen atoms in total. The van der Waals surface area contributed by atoms with Gasteiger partial charge < -0.3 is 14.6 Å². The van der Waals surface area contributed by atoms with Crippen LogP contribution in [0.2, 0.25) is 0 Å². The van der Waals surface area contributed by atoms with E-state index in [-0.39, 0.29) is 24.3 Å². The van der Waals surface area contributed by atoms with Crippen molar-refractivity contribution < 1.29 is 14.3 Å². The van der Waals surface area contributed by atoms with Crippen molar-refractivity contribution in [2.75, 3.05) is 31.8 Å². The van der Waals surface area contributed by atoms with Crippen molar-refractivity contribution in [1.29, 1.82) is 0 Å². The zero-order valence-electron chi connectivity index (χ0n) is 20.0. The second-order valence-corrected chi connectivity index (χ2v) is 8.85. The summed E-state index contributed by atoms with van der Waals surface area (Å²) in [6.45, 7) is 4.74. The monoisotopic (exact) mass is 481 g/mol. The fraction of sp³-hybridized carbons (Fsp3) is 0.360. The van der Waals surface area contributed by atoms with Crippen LogP contribution in [0.25, 0.3) is 0 Å². The van der Waals surface area contributed by atoms with E-state index in [4.69, 9.17) is 4.74 Å². The highest BCUT2D eigenvalue weighted by molar-refractivity contribution is 7.99. The SMILES string of the molecule is CCOC(=O)c1ccccc1NC(=O)CSc1nnc([C@H](CC)N(C)C)n1Cc1ccccc1. The molecule has 2 aromatic carbocycles. The Kier molecular flexibility index (Phi) is 9.24. The molecular formula is C25H31N5O3S. The molecular weight excluding hydrogens is 450 g/mol. The van der Waals surface area contributed by atoms with Crippen LogP contribution < -0.4 is 5.32 Å². The summed E-state index contributed by atoms with van der Waals surface area (Å²) in [4.78, 5) is 27.1. The molecule has 1 N–H and O–H groups in total. The molecule has 9 heteroatoms. The fourth-order valence-electron chi connectivity index (χ4n) is 3.64. The number of thioether (sulfide) groups is 1. The third-order valence-electron chi connectivity index (χ3n) is 5.27. The second kappa shape index (κ2) is 12.3. The number of esters is 1. The molecule has 0 saturated carbocycles. The van der Waals surface area contributed by atoms with Crippen molar-refractivity contribution in [3.63, 3.8) is 0 Å². The molecule has 1 atom stereocenters. The van der Waals surface area contributed by atoms with Crippen LogP contribution in [-0.4, -0.2) is 58.0 Å². The first-order valence-corrected chi connectivity index (χ1v) is 12.2. The molecule has 0 saturated heterocycles. The van der Waals surface area contributed by atoms with Gasteiger partial charge in [0.1, 0.15) is 0 Å². The Hall–Kier alpha value is -3.17. The van der Waals surface area contributed by atoms with Gasteiger partial charge in [-0.3, -0.25) is 9.69 Å². The van der Waals surface area contributed by atoms with Crippen LogP contribution in [0, 0.1) is 0 Å². The highest BCUT2D eigenvalue weighted by Gasteiger charge is 2.23. The van der Waals surface area contributed by atoms with Crippen molar-refractivity contribution >= 4 is 29.3 Å². The van der Waals surface area contributed by atoms with E-state index >= 15 is 0 Å². The number of carbonyl (C=O) groups is 2. The number of ether oxygens (including phenoxy) is 1. The van der Waals surface area contributed by atoms with Crippen LogP contribution in [0.4, 0.5) is 5.69 Å². The number of nitrogens with one attached hydrogen (secondary N) is 1. The lowest BCUT2D eigenvalue weighted by molar-refractivity contribution is -0.113. The van der Waals surface area contributed by atoms with Gasteiger partial charge in [0.25, 0.3) is 0 Å². The summed E-state index contributed by atoms with van der Waals surface area (Å²) in [6.07, 6.45) is 0.885. The number of para-hydroxylation sites is 1. The van der Waals surface area contributed by atoms with Crippen LogP contribution in [0.15, 0.2) is 59.8 Å². The van der Waals surface area contributed by atoms with Crippen molar-refractivity contribution in [2.24, 2.45) is 0 Å². The summed E-state index contributed by atoms with van der Waals surface area (Å²) < 4.78 is 7.16. The molecule has 0 aliphatic carbocycles. The van der Waals surface area contributed by atoms with E-state index < -0.39 is 5.97 Å². The molecule has 0 fully saturated rings. The molecule has 0 unspecified atom stereocenters. The first-order chi connectivity index (χ1) is 16.4. The Morgan fingerprint density at radius 1 is 1.06 bits per heavy atom. The predicted molar refractivity (Wildman–Crippen MR) is 134 cm³/mol. The molecule has 0 aliphatic heterocycles. The van der Waals surface area contributed by atoms with Gasteiger partial charge in [-0.2, -0.15) is 0 Å². The standard InChI is InChI=1S/C25H31N5O3S/c1-5-21(29(3)4)23-27-28-25(30(23)16-18-12-8-7-9-13-18)34-17-22(31)26-20-15-11-10-14-19(20)24(32)33-6-2/h7-15,21H,5-6,16-17H2,1-4H3,(H,26,31)/t21-/m0/s1. The summed E-state index contributed by atoms with van der Waals surface area (Å²) >= 11 is 1.32. The van der Waals surface area contributed by atoms with Gasteiger partial charge in [-0.25, -0.2) is 4.79 Å². The van der Waals surface area contributed by atoms with Gasteiger partial charge in [-0.1, -0.05) is 61.2 Å². The van der Waals surface area contributed by atoms with Crippen LogP contribution >= 0.6 is 11.8 Å². The molecule has 34 heavy (non-hydrogen) atoms. The summed E-state index contributed by atoms with van der Waals surface area (Å²) in [5.41, 5.74) is 1.89. The van der Waals surface area contributed by atoms with E-state index in [0.29, 0.717) is 23.0 Å². The lowest BCUT2D eigenvalue weighted by atomic mass is 10.2.